The monoisotopic (exact) mass is 647 g/mol. The second kappa shape index (κ2) is 13.2. The van der Waals surface area contributed by atoms with Gasteiger partial charge in [-0.15, -0.1) is 0 Å². The molecule has 10 heteroatoms. The maximum atomic E-state index is 13.0. The van der Waals surface area contributed by atoms with Crippen LogP contribution in [0.5, 0.6) is 5.75 Å². The third-order valence-corrected chi connectivity index (χ3v) is 13.6. The number of phenolic OH excluding ortho intramolecular Hbond substituents is 1. The number of rotatable bonds is 14. The molecular weight excluding hydrogens is 597 g/mol. The number of benzene rings is 1. The molecule has 2 N–H and O–H groups in total. The van der Waals surface area contributed by atoms with Crippen molar-refractivity contribution in [2.45, 2.75) is 115 Å². The van der Waals surface area contributed by atoms with E-state index in [1.165, 1.54) is 17.5 Å². The van der Waals surface area contributed by atoms with E-state index in [1.807, 2.05) is 19.2 Å². The Morgan fingerprint density at radius 1 is 1.00 bits per heavy atom. The summed E-state index contributed by atoms with van der Waals surface area (Å²) in [7, 11) is 2.00. The highest BCUT2D eigenvalue weighted by Crippen LogP contribution is 2.76. The van der Waals surface area contributed by atoms with Crippen molar-refractivity contribution >= 4 is 11.2 Å². The molecule has 0 saturated heterocycles. The molecule has 0 heterocycles. The van der Waals surface area contributed by atoms with Crippen LogP contribution in [0.15, 0.2) is 18.2 Å². The third-order valence-electron chi connectivity index (χ3n) is 12.1. The Morgan fingerprint density at radius 3 is 2.41 bits per heavy atom. The maximum absolute atomic E-state index is 13.0. The fraction of sp³-hybridized carbons (Fsp3) is 0.824. The lowest BCUT2D eigenvalue weighted by atomic mass is 9.50. The number of phenols is 1. The molecule has 3 saturated carbocycles. The van der Waals surface area contributed by atoms with Gasteiger partial charge in [0.1, 0.15) is 17.3 Å². The number of aliphatic hydroxyl groups excluding tert-OH is 1. The van der Waals surface area contributed by atoms with Gasteiger partial charge in [0, 0.05) is 24.8 Å². The van der Waals surface area contributed by atoms with Gasteiger partial charge in [0.25, 0.3) is 0 Å². The topological polar surface area (TPSA) is 66.8 Å². The van der Waals surface area contributed by atoms with Gasteiger partial charge in [-0.05, 0) is 124 Å². The number of aromatic hydroxyl groups is 1. The number of aliphatic hydroxyl groups is 1. The molecule has 1 aromatic rings. The van der Waals surface area contributed by atoms with Gasteiger partial charge >= 0.3 is 12.1 Å². The number of hydrogen-bond donors (Lipinski definition) is 2. The quantitative estimate of drug-likeness (QED) is 0.123. The smallest absolute Gasteiger partial charge is 0.453 e. The molecule has 3 fully saturated rings. The van der Waals surface area contributed by atoms with E-state index in [-0.39, 0.29) is 22.7 Å². The third kappa shape index (κ3) is 6.79. The lowest BCUT2D eigenvalue weighted by Gasteiger charge is -2.54. The van der Waals surface area contributed by atoms with Crippen molar-refractivity contribution in [3.8, 4) is 5.75 Å². The Hall–Kier alpha value is -1.10. The average Bonchev–Trinajstić information content (AvgIpc) is 3.72. The average molecular weight is 648 g/mol. The van der Waals surface area contributed by atoms with Crippen LogP contribution in [0, 0.1) is 28.6 Å². The maximum Gasteiger partial charge on any atom is 0.453 e. The van der Waals surface area contributed by atoms with E-state index < -0.39 is 36.1 Å². The van der Waals surface area contributed by atoms with E-state index >= 15 is 0 Å². The zero-order valence-corrected chi connectivity index (χ0v) is 27.0. The molecule has 4 nitrogen and oxygen atoms in total. The highest BCUT2D eigenvalue weighted by molar-refractivity contribution is 7.91. The fourth-order valence-electron chi connectivity index (χ4n) is 9.59. The van der Waals surface area contributed by atoms with Crippen LogP contribution in [-0.4, -0.2) is 69.5 Å². The molecule has 1 spiro atoms. The van der Waals surface area contributed by atoms with Crippen LogP contribution in [0.2, 0.25) is 0 Å². The largest absolute Gasteiger partial charge is 0.616 e. The predicted octanol–water partition coefficient (Wildman–Crippen LogP) is 7.83. The first kappa shape index (κ1) is 34.2. The second-order valence-electron chi connectivity index (χ2n) is 14.7. The molecule has 0 aliphatic heterocycles. The molecule has 4 aliphatic carbocycles. The normalized spacial score (nSPS) is 31.5. The molecule has 0 radical (unpaired) electrons. The summed E-state index contributed by atoms with van der Waals surface area (Å²) in [5.74, 6) is -2.05. The van der Waals surface area contributed by atoms with E-state index in [4.69, 9.17) is 0 Å². The molecular formula is C34H50F5NO3S. The summed E-state index contributed by atoms with van der Waals surface area (Å²) < 4.78 is 75.0. The molecule has 4 unspecified atom stereocenters. The highest BCUT2D eigenvalue weighted by atomic mass is 32.2. The van der Waals surface area contributed by atoms with Crippen molar-refractivity contribution < 1.29 is 36.7 Å². The molecule has 4 aliphatic rings. The molecule has 0 aromatic heterocycles. The van der Waals surface area contributed by atoms with Crippen LogP contribution >= 0.6 is 0 Å². The van der Waals surface area contributed by atoms with Crippen LogP contribution in [0.4, 0.5) is 22.0 Å². The molecule has 0 amide bonds. The summed E-state index contributed by atoms with van der Waals surface area (Å²) in [4.78, 5) is 2.17. The summed E-state index contributed by atoms with van der Waals surface area (Å²) in [6.45, 7) is 4.08. The van der Waals surface area contributed by atoms with Gasteiger partial charge in [-0.2, -0.15) is 22.0 Å². The van der Waals surface area contributed by atoms with Crippen LogP contribution < -0.4 is 0 Å². The lowest BCUT2D eigenvalue weighted by Crippen LogP contribution is -2.46. The predicted molar refractivity (Wildman–Crippen MR) is 163 cm³/mol. The number of halogens is 5. The van der Waals surface area contributed by atoms with Crippen molar-refractivity contribution in [3.05, 3.63) is 29.3 Å². The minimum atomic E-state index is -5.55. The van der Waals surface area contributed by atoms with Gasteiger partial charge in [0.15, 0.2) is 0 Å². The Labute approximate surface area is 262 Å². The molecule has 250 valence electrons. The van der Waals surface area contributed by atoms with E-state index in [0.717, 1.165) is 64.3 Å². The molecule has 7 atom stereocenters. The van der Waals surface area contributed by atoms with Crippen molar-refractivity contribution in [2.75, 3.05) is 31.6 Å². The van der Waals surface area contributed by atoms with Crippen LogP contribution in [0.1, 0.15) is 101 Å². The van der Waals surface area contributed by atoms with E-state index in [0.29, 0.717) is 48.1 Å². The van der Waals surface area contributed by atoms with E-state index in [1.54, 1.807) is 0 Å². The Bertz CT molecular complexity index is 1130. The molecule has 0 bridgehead atoms. The van der Waals surface area contributed by atoms with Gasteiger partial charge in [0.2, 0.25) is 0 Å². The van der Waals surface area contributed by atoms with Gasteiger partial charge in [-0.1, -0.05) is 37.0 Å². The zero-order valence-electron chi connectivity index (χ0n) is 26.2. The first-order chi connectivity index (χ1) is 20.7. The summed E-state index contributed by atoms with van der Waals surface area (Å²) >= 11 is -1.40. The lowest BCUT2D eigenvalue weighted by molar-refractivity contribution is -0.284. The second-order valence-corrected chi connectivity index (χ2v) is 16.4. The van der Waals surface area contributed by atoms with E-state index in [9.17, 15) is 36.7 Å². The number of nitrogens with zero attached hydrogens (tertiary/aromatic N) is 1. The van der Waals surface area contributed by atoms with E-state index in [2.05, 4.69) is 17.9 Å². The van der Waals surface area contributed by atoms with Crippen molar-refractivity contribution in [1.29, 1.82) is 0 Å². The minimum absolute atomic E-state index is 0.136. The Kier molecular flexibility index (Phi) is 10.3. The van der Waals surface area contributed by atoms with Crippen molar-refractivity contribution in [3.63, 3.8) is 0 Å². The standard InChI is InChI=1S/C34H50F5NO3S/c1-31-13-11-27-26-10-9-25(41)21-24(26)20-23(30(27)28(31)22-29(42)32(31)14-15-32)8-4-3-5-16-40(2)17-7-19-44(43)18-6-12-33(35,36)34(37,38)39/h9-10,21,23,27-30,41-42H,3-8,11-20,22H2,1-2H3/t23-,27?,28?,29-,30?,31+,44?/m1/s1. The molecule has 44 heavy (non-hydrogen) atoms. The Morgan fingerprint density at radius 2 is 1.70 bits per heavy atom. The highest BCUT2D eigenvalue weighted by Gasteiger charge is 2.71. The van der Waals surface area contributed by atoms with Crippen LogP contribution in [-0.2, 0) is 17.6 Å². The number of alkyl halides is 5. The molecule has 1 aromatic carbocycles. The minimum Gasteiger partial charge on any atom is -0.616 e. The van der Waals surface area contributed by atoms with Crippen LogP contribution in [0.25, 0.3) is 0 Å². The number of unbranched alkanes of at least 4 members (excludes halogenated alkanes) is 2. The number of fused-ring (bicyclic) bond motifs is 6. The summed E-state index contributed by atoms with van der Waals surface area (Å²) in [6.07, 6.45) is 4.14. The SMILES string of the molecule is CN(CCCCC[C@@H]1Cc2cc(O)ccc2C2CC[C@@]3(C)C(C[C@@H](O)C34CC4)C21)CCC[S+]([O-])CCCC(F)(F)C(F)(F)F. The van der Waals surface area contributed by atoms with Gasteiger partial charge in [0.05, 0.1) is 6.10 Å². The summed E-state index contributed by atoms with van der Waals surface area (Å²) in [6, 6.07) is 5.96. The molecule has 5 rings (SSSR count). The van der Waals surface area contributed by atoms with Crippen molar-refractivity contribution in [1.82, 2.24) is 4.90 Å². The first-order valence-electron chi connectivity index (χ1n) is 16.7. The van der Waals surface area contributed by atoms with Gasteiger partial charge in [-0.3, -0.25) is 0 Å². The Balaban J connectivity index is 1.06. The zero-order chi connectivity index (χ0) is 31.9. The van der Waals surface area contributed by atoms with Gasteiger partial charge in [-0.25, -0.2) is 0 Å². The summed E-state index contributed by atoms with van der Waals surface area (Å²) in [5.41, 5.74) is 3.08. The summed E-state index contributed by atoms with van der Waals surface area (Å²) in [5, 5.41) is 21.4. The van der Waals surface area contributed by atoms with Crippen molar-refractivity contribution in [2.24, 2.45) is 28.6 Å². The fourth-order valence-corrected chi connectivity index (χ4v) is 10.7. The van der Waals surface area contributed by atoms with Gasteiger partial charge < -0.3 is 19.7 Å². The van der Waals surface area contributed by atoms with Crippen LogP contribution in [0.3, 0.4) is 0 Å². The number of hydrogen-bond acceptors (Lipinski definition) is 4. The first-order valence-corrected chi connectivity index (χ1v) is 18.2.